The third kappa shape index (κ3) is 3.03. The van der Waals surface area contributed by atoms with Crippen molar-refractivity contribution in [3.63, 3.8) is 0 Å². The second-order valence-electron chi connectivity index (χ2n) is 7.89. The van der Waals surface area contributed by atoms with Gasteiger partial charge in [0.25, 0.3) is 5.91 Å². The van der Waals surface area contributed by atoms with E-state index in [1.165, 1.54) is 12.8 Å². The number of nitrogens with one attached hydrogen (secondary N) is 2. The number of primary amides is 1. The van der Waals surface area contributed by atoms with Crippen LogP contribution >= 0.6 is 0 Å². The first-order valence-corrected chi connectivity index (χ1v) is 9.65. The molecule has 4 N–H and O–H groups in total. The van der Waals surface area contributed by atoms with Crippen molar-refractivity contribution >= 4 is 5.91 Å². The molecule has 142 valence electrons. The Morgan fingerprint density at radius 3 is 2.77 bits per heavy atom. The minimum absolute atomic E-state index is 0.320. The maximum absolute atomic E-state index is 11.6. The number of amides is 1. The molecular weight excluding hydrogens is 330 g/mol. The highest BCUT2D eigenvalue weighted by molar-refractivity contribution is 5.90. The highest BCUT2D eigenvalue weighted by Gasteiger charge is 2.53. The zero-order valence-corrected chi connectivity index (χ0v) is 15.4. The van der Waals surface area contributed by atoms with Gasteiger partial charge in [-0.05, 0) is 37.0 Å². The number of nitrogens with zero attached hydrogens (tertiary/aromatic N) is 2. The van der Waals surface area contributed by atoms with Crippen molar-refractivity contribution in [3.05, 3.63) is 29.6 Å². The van der Waals surface area contributed by atoms with E-state index < -0.39 is 5.91 Å². The van der Waals surface area contributed by atoms with Crippen molar-refractivity contribution in [2.45, 2.75) is 37.3 Å². The first-order chi connectivity index (χ1) is 12.6. The van der Waals surface area contributed by atoms with Crippen LogP contribution in [0.4, 0.5) is 0 Å². The van der Waals surface area contributed by atoms with E-state index in [0.29, 0.717) is 23.6 Å². The summed E-state index contributed by atoms with van der Waals surface area (Å²) in [4.78, 5) is 18.3. The Kier molecular flexibility index (Phi) is 4.96. The van der Waals surface area contributed by atoms with Crippen molar-refractivity contribution in [1.29, 1.82) is 0 Å². The van der Waals surface area contributed by atoms with Gasteiger partial charge in [0.15, 0.2) is 0 Å². The van der Waals surface area contributed by atoms with Crippen LogP contribution in [0.5, 0.6) is 0 Å². The van der Waals surface area contributed by atoms with Crippen LogP contribution in [0.1, 0.15) is 41.7 Å². The Hall–Kier alpha value is -1.54. The van der Waals surface area contributed by atoms with Gasteiger partial charge < -0.3 is 15.4 Å². The van der Waals surface area contributed by atoms with E-state index in [1.54, 1.807) is 6.20 Å². The molecule has 26 heavy (non-hydrogen) atoms. The number of hydrogen-bond acceptors (Lipinski definition) is 6. The molecule has 1 aliphatic carbocycles. The SMILES string of the molecule is COC1(c2ccnc(C(N)=O)c2)C2CCCC1CN(CC1CCNN1)C2. The summed E-state index contributed by atoms with van der Waals surface area (Å²) < 4.78 is 6.25. The number of likely N-dealkylation sites (tertiary alicyclic amines) is 1. The molecule has 3 aliphatic rings. The van der Waals surface area contributed by atoms with Crippen LogP contribution in [-0.2, 0) is 10.3 Å². The molecule has 3 atom stereocenters. The molecule has 3 heterocycles. The molecule has 1 amide bonds. The molecular formula is C19H29N5O2. The average Bonchev–Trinajstić information content (AvgIpc) is 3.14. The first-order valence-electron chi connectivity index (χ1n) is 9.65. The third-order valence-electron chi connectivity index (χ3n) is 6.48. The Morgan fingerprint density at radius 2 is 2.15 bits per heavy atom. The van der Waals surface area contributed by atoms with Gasteiger partial charge in [-0.25, -0.2) is 0 Å². The molecule has 1 saturated carbocycles. The van der Waals surface area contributed by atoms with Crippen molar-refractivity contribution in [1.82, 2.24) is 20.7 Å². The Bertz CT molecular complexity index is 647. The zero-order valence-electron chi connectivity index (χ0n) is 15.4. The predicted octanol–water partition coefficient (Wildman–Crippen LogP) is 0.621. The average molecular weight is 359 g/mol. The summed E-state index contributed by atoms with van der Waals surface area (Å²) in [5.41, 5.74) is 13.1. The largest absolute Gasteiger partial charge is 0.373 e. The third-order valence-corrected chi connectivity index (χ3v) is 6.48. The molecule has 2 saturated heterocycles. The van der Waals surface area contributed by atoms with Crippen LogP contribution in [0.2, 0.25) is 0 Å². The zero-order chi connectivity index (χ0) is 18.1. The molecule has 3 fully saturated rings. The number of hydrazine groups is 1. The number of hydrogen-bond donors (Lipinski definition) is 3. The number of carbonyl (C=O) groups is 1. The molecule has 1 aromatic rings. The number of aromatic nitrogens is 1. The van der Waals surface area contributed by atoms with Gasteiger partial charge in [0.05, 0.1) is 0 Å². The number of pyridine rings is 1. The Morgan fingerprint density at radius 1 is 1.38 bits per heavy atom. The van der Waals surface area contributed by atoms with Crippen LogP contribution in [0.15, 0.2) is 18.3 Å². The second-order valence-corrected chi connectivity index (χ2v) is 7.89. The molecule has 7 heteroatoms. The fraction of sp³-hybridized carbons (Fsp3) is 0.684. The summed E-state index contributed by atoms with van der Waals surface area (Å²) in [5.74, 6) is 0.343. The van der Waals surface area contributed by atoms with E-state index in [2.05, 4.69) is 20.7 Å². The van der Waals surface area contributed by atoms with Gasteiger partial charge in [-0.1, -0.05) is 6.42 Å². The Labute approximate surface area is 154 Å². The van der Waals surface area contributed by atoms with Gasteiger partial charge in [0, 0.05) is 57.4 Å². The second kappa shape index (κ2) is 7.23. The molecule has 2 aliphatic heterocycles. The van der Waals surface area contributed by atoms with E-state index in [0.717, 1.165) is 44.6 Å². The van der Waals surface area contributed by atoms with Gasteiger partial charge in [-0.2, -0.15) is 0 Å². The van der Waals surface area contributed by atoms with Crippen LogP contribution in [-0.4, -0.2) is 55.1 Å². The lowest BCUT2D eigenvalue weighted by atomic mass is 9.62. The lowest BCUT2D eigenvalue weighted by molar-refractivity contribution is -0.169. The van der Waals surface area contributed by atoms with Gasteiger partial charge >= 0.3 is 0 Å². The van der Waals surface area contributed by atoms with Crippen LogP contribution < -0.4 is 16.6 Å². The molecule has 7 nitrogen and oxygen atoms in total. The van der Waals surface area contributed by atoms with Gasteiger partial charge in [0.1, 0.15) is 11.3 Å². The van der Waals surface area contributed by atoms with Gasteiger partial charge in [0.2, 0.25) is 0 Å². The first kappa shape index (κ1) is 17.9. The van der Waals surface area contributed by atoms with E-state index in [1.807, 2.05) is 19.2 Å². The van der Waals surface area contributed by atoms with Crippen molar-refractivity contribution in [3.8, 4) is 0 Å². The highest BCUT2D eigenvalue weighted by atomic mass is 16.5. The van der Waals surface area contributed by atoms with Crippen LogP contribution in [0.25, 0.3) is 0 Å². The quantitative estimate of drug-likeness (QED) is 0.714. The maximum Gasteiger partial charge on any atom is 0.267 e. The predicted molar refractivity (Wildman–Crippen MR) is 98.3 cm³/mol. The molecule has 0 aromatic carbocycles. The van der Waals surface area contributed by atoms with Crippen LogP contribution in [0.3, 0.4) is 0 Å². The molecule has 1 aromatic heterocycles. The monoisotopic (exact) mass is 359 g/mol. The molecule has 4 rings (SSSR count). The van der Waals surface area contributed by atoms with Gasteiger partial charge in [-0.3, -0.25) is 20.6 Å². The standard InChI is InChI=1S/C19H29N5O2/c1-26-19(13-5-7-21-17(9-13)18(20)25)14-3-2-4-15(19)11-24(10-14)12-16-6-8-22-23-16/h5,7,9,14-16,22-23H,2-4,6,8,10-12H2,1H3,(H2,20,25). The normalized spacial score (nSPS) is 34.7. The maximum atomic E-state index is 11.6. The number of rotatable bonds is 5. The van der Waals surface area contributed by atoms with E-state index in [4.69, 9.17) is 10.5 Å². The lowest BCUT2D eigenvalue weighted by Gasteiger charge is -2.55. The minimum Gasteiger partial charge on any atom is -0.373 e. The number of carbonyl (C=O) groups excluding carboxylic acids is 1. The van der Waals surface area contributed by atoms with E-state index in [9.17, 15) is 4.79 Å². The molecule has 2 bridgehead atoms. The van der Waals surface area contributed by atoms with Gasteiger partial charge in [-0.15, -0.1) is 0 Å². The Balaban J connectivity index is 1.61. The summed E-state index contributed by atoms with van der Waals surface area (Å²) in [6, 6.07) is 4.36. The van der Waals surface area contributed by atoms with Crippen molar-refractivity contribution in [2.75, 3.05) is 33.3 Å². The van der Waals surface area contributed by atoms with Crippen LogP contribution in [0, 0.1) is 11.8 Å². The summed E-state index contributed by atoms with van der Waals surface area (Å²) in [5, 5.41) is 0. The number of piperidine rings is 1. The minimum atomic E-state index is -0.486. The smallest absolute Gasteiger partial charge is 0.267 e. The molecule has 0 radical (unpaired) electrons. The fourth-order valence-corrected chi connectivity index (χ4v) is 5.39. The summed E-state index contributed by atoms with van der Waals surface area (Å²) in [7, 11) is 1.81. The summed E-state index contributed by atoms with van der Waals surface area (Å²) in [6.45, 7) is 4.16. The number of nitrogens with two attached hydrogens (primary N) is 1. The highest BCUT2D eigenvalue weighted by Crippen LogP contribution is 2.51. The number of fused-ring (bicyclic) bond motifs is 2. The molecule has 0 spiro atoms. The topological polar surface area (TPSA) is 92.5 Å². The van der Waals surface area contributed by atoms with E-state index >= 15 is 0 Å². The van der Waals surface area contributed by atoms with E-state index in [-0.39, 0.29) is 5.60 Å². The molecule has 3 unspecified atom stereocenters. The fourth-order valence-electron chi connectivity index (χ4n) is 5.39. The van der Waals surface area contributed by atoms with Crippen molar-refractivity contribution < 1.29 is 9.53 Å². The lowest BCUT2D eigenvalue weighted by Crippen LogP contribution is -2.60. The number of methoxy groups -OCH3 is 1. The number of ether oxygens (including phenoxy) is 1. The summed E-state index contributed by atoms with van der Waals surface area (Å²) >= 11 is 0. The summed E-state index contributed by atoms with van der Waals surface area (Å²) in [6.07, 6.45) is 6.39. The van der Waals surface area contributed by atoms with Crippen molar-refractivity contribution in [2.24, 2.45) is 17.6 Å².